The second kappa shape index (κ2) is 10.1. The Kier molecular flexibility index (Phi) is 8.08. The van der Waals surface area contributed by atoms with E-state index in [0.717, 1.165) is 0 Å². The summed E-state index contributed by atoms with van der Waals surface area (Å²) < 4.78 is 30.2. The largest absolute Gasteiger partial charge is 0.382 e. The molecule has 0 saturated carbocycles. The van der Waals surface area contributed by atoms with Crippen molar-refractivity contribution in [3.63, 3.8) is 0 Å². The first-order valence-electron chi connectivity index (χ1n) is 8.69. The highest BCUT2D eigenvalue weighted by atomic mass is 31.2. The van der Waals surface area contributed by atoms with Gasteiger partial charge < -0.3 is 29.4 Å². The van der Waals surface area contributed by atoms with Crippen LogP contribution in [0.5, 0.6) is 0 Å². The topological polar surface area (TPSA) is 147 Å². The van der Waals surface area contributed by atoms with Crippen LogP contribution in [0.25, 0.3) is 11.2 Å². The maximum absolute atomic E-state index is 12.2. The van der Waals surface area contributed by atoms with Crippen molar-refractivity contribution in [1.82, 2.24) is 24.6 Å². The molecule has 2 rings (SSSR count). The quantitative estimate of drug-likeness (QED) is 0.346. The highest BCUT2D eigenvalue weighted by Gasteiger charge is 2.22. The van der Waals surface area contributed by atoms with Crippen LogP contribution in [0.4, 0.5) is 5.82 Å². The number of rotatable bonds is 12. The third-order valence-corrected chi connectivity index (χ3v) is 4.80. The Hall–Kier alpha value is -1.62. The van der Waals surface area contributed by atoms with Crippen LogP contribution in [-0.2, 0) is 25.3 Å². The van der Waals surface area contributed by atoms with Crippen LogP contribution in [-0.4, -0.2) is 62.9 Å². The van der Waals surface area contributed by atoms with Crippen molar-refractivity contribution >= 4 is 24.5 Å². The molecular formula is C15H27N6O5P. The molecule has 12 heteroatoms. The van der Waals surface area contributed by atoms with E-state index in [1.54, 1.807) is 17.8 Å². The average molecular weight is 402 g/mol. The fourth-order valence-electron chi connectivity index (χ4n) is 2.39. The molecule has 0 bridgehead atoms. The molecule has 152 valence electrons. The summed E-state index contributed by atoms with van der Waals surface area (Å²) in [7, 11) is -3.70. The first-order chi connectivity index (χ1) is 12.9. The van der Waals surface area contributed by atoms with Crippen molar-refractivity contribution in [3.8, 4) is 0 Å². The summed E-state index contributed by atoms with van der Waals surface area (Å²) in [5, 5.41) is 2.56. The highest BCUT2D eigenvalue weighted by Crippen LogP contribution is 2.35. The average Bonchev–Trinajstić information content (AvgIpc) is 3.03. The van der Waals surface area contributed by atoms with Crippen molar-refractivity contribution in [3.05, 3.63) is 12.7 Å². The van der Waals surface area contributed by atoms with Crippen molar-refractivity contribution in [2.75, 3.05) is 31.8 Å². The molecule has 11 nitrogen and oxygen atoms in total. The predicted molar refractivity (Wildman–Crippen MR) is 100 cm³/mol. The van der Waals surface area contributed by atoms with Crippen molar-refractivity contribution in [1.29, 1.82) is 0 Å². The molecule has 0 aromatic carbocycles. The molecule has 2 aromatic heterocycles. The molecule has 2 heterocycles. The van der Waals surface area contributed by atoms with E-state index < -0.39 is 13.8 Å². The molecule has 0 radical (unpaired) electrons. The second-order valence-corrected chi connectivity index (χ2v) is 7.82. The summed E-state index contributed by atoms with van der Waals surface area (Å²) in [6, 6.07) is 0. The first-order valence-corrected chi connectivity index (χ1v) is 10.5. The minimum Gasteiger partial charge on any atom is -0.382 e. The summed E-state index contributed by atoms with van der Waals surface area (Å²) >= 11 is 0. The van der Waals surface area contributed by atoms with Crippen LogP contribution in [0.15, 0.2) is 12.7 Å². The van der Waals surface area contributed by atoms with Crippen molar-refractivity contribution in [2.45, 2.75) is 39.7 Å². The number of ether oxygens (including phenoxy) is 3. The van der Waals surface area contributed by atoms with Gasteiger partial charge in [0.2, 0.25) is 0 Å². The molecule has 2 atom stereocenters. The summed E-state index contributed by atoms with van der Waals surface area (Å²) in [6.45, 7) is 6.83. The standard InChI is InChI=1S/C15H27N6O5P/c1-4-24-12(25-5-2)6-20-27(22,23)10-26-11(3)7-21-9-19-13-14(16)17-8-18-15(13)21/h8-9,11-12H,4-7,10H2,1-3H3,(H2,16,17,18)(H2,20,22,23)/t11-/m1/s1. The summed E-state index contributed by atoms with van der Waals surface area (Å²) in [5.41, 5.74) is 6.85. The van der Waals surface area contributed by atoms with Gasteiger partial charge in [0.05, 0.1) is 25.5 Å². The normalized spacial score (nSPS) is 15.3. The van der Waals surface area contributed by atoms with Crippen LogP contribution in [0.1, 0.15) is 20.8 Å². The monoisotopic (exact) mass is 402 g/mol. The van der Waals surface area contributed by atoms with Gasteiger partial charge in [0.1, 0.15) is 18.2 Å². The Labute approximate surface area is 157 Å². The lowest BCUT2D eigenvalue weighted by molar-refractivity contribution is -0.130. The molecular weight excluding hydrogens is 375 g/mol. The van der Waals surface area contributed by atoms with Gasteiger partial charge in [-0.2, -0.15) is 0 Å². The molecule has 0 aliphatic rings. The zero-order chi connectivity index (χ0) is 19.9. The van der Waals surface area contributed by atoms with Crippen LogP contribution in [0, 0.1) is 0 Å². The molecule has 2 aromatic rings. The molecule has 0 aliphatic carbocycles. The first kappa shape index (κ1) is 21.7. The number of imidazole rings is 1. The zero-order valence-electron chi connectivity index (χ0n) is 15.7. The number of nitrogen functional groups attached to an aromatic ring is 1. The molecule has 4 N–H and O–H groups in total. The minimum atomic E-state index is -3.70. The van der Waals surface area contributed by atoms with E-state index in [9.17, 15) is 9.46 Å². The lowest BCUT2D eigenvalue weighted by Gasteiger charge is -2.21. The van der Waals surface area contributed by atoms with E-state index in [2.05, 4.69) is 20.0 Å². The van der Waals surface area contributed by atoms with E-state index in [1.807, 2.05) is 13.8 Å². The Morgan fingerprint density at radius 1 is 1.26 bits per heavy atom. The van der Waals surface area contributed by atoms with Gasteiger partial charge in [-0.3, -0.25) is 4.57 Å². The van der Waals surface area contributed by atoms with E-state index in [0.29, 0.717) is 36.7 Å². The fourth-order valence-corrected chi connectivity index (χ4v) is 3.37. The number of fused-ring (bicyclic) bond motifs is 1. The van der Waals surface area contributed by atoms with Gasteiger partial charge >= 0.3 is 0 Å². The van der Waals surface area contributed by atoms with Gasteiger partial charge in [-0.05, 0) is 20.8 Å². The molecule has 0 fully saturated rings. The highest BCUT2D eigenvalue weighted by molar-refractivity contribution is 7.55. The third-order valence-electron chi connectivity index (χ3n) is 3.63. The van der Waals surface area contributed by atoms with E-state index in [4.69, 9.17) is 19.9 Å². The number of hydrogen-bond donors (Lipinski definition) is 3. The number of nitrogens with one attached hydrogen (secondary N) is 1. The van der Waals surface area contributed by atoms with E-state index >= 15 is 0 Å². The lowest BCUT2D eigenvalue weighted by Crippen LogP contribution is -2.31. The molecule has 27 heavy (non-hydrogen) atoms. The van der Waals surface area contributed by atoms with Crippen LogP contribution < -0.4 is 10.8 Å². The second-order valence-electron chi connectivity index (χ2n) is 5.84. The van der Waals surface area contributed by atoms with Crippen LogP contribution in [0.2, 0.25) is 0 Å². The number of anilines is 1. The van der Waals surface area contributed by atoms with Crippen molar-refractivity contribution < 1.29 is 23.7 Å². The van der Waals surface area contributed by atoms with E-state index in [-0.39, 0.29) is 19.0 Å². The number of hydrogen-bond acceptors (Lipinski definition) is 8. The van der Waals surface area contributed by atoms with Gasteiger partial charge in [-0.25, -0.2) is 20.0 Å². The molecule has 0 saturated heterocycles. The molecule has 1 unspecified atom stereocenters. The molecule has 0 spiro atoms. The summed E-state index contributed by atoms with van der Waals surface area (Å²) in [4.78, 5) is 22.3. The SMILES string of the molecule is CCOC(CNP(=O)(O)CO[C@H](C)Cn1cnc2c(N)ncnc21)OCC. The number of nitrogens with zero attached hydrogens (tertiary/aromatic N) is 4. The molecule has 0 amide bonds. The van der Waals surface area contributed by atoms with Gasteiger partial charge in [0.25, 0.3) is 7.52 Å². The Bertz CT molecular complexity index is 766. The fraction of sp³-hybridized carbons (Fsp3) is 0.667. The Balaban J connectivity index is 1.85. The minimum absolute atomic E-state index is 0.0928. The number of aromatic nitrogens is 4. The summed E-state index contributed by atoms with van der Waals surface area (Å²) in [6.07, 6.45) is 1.67. The summed E-state index contributed by atoms with van der Waals surface area (Å²) in [5.74, 6) is 0.300. The van der Waals surface area contributed by atoms with Gasteiger partial charge in [0.15, 0.2) is 17.8 Å². The zero-order valence-corrected chi connectivity index (χ0v) is 16.6. The van der Waals surface area contributed by atoms with Gasteiger partial charge in [-0.1, -0.05) is 0 Å². The Morgan fingerprint density at radius 3 is 2.63 bits per heavy atom. The predicted octanol–water partition coefficient (Wildman–Crippen LogP) is 0.945. The smallest absolute Gasteiger partial charge is 0.292 e. The number of nitrogens with two attached hydrogens (primary N) is 1. The van der Waals surface area contributed by atoms with E-state index in [1.165, 1.54) is 6.33 Å². The maximum Gasteiger partial charge on any atom is 0.292 e. The van der Waals surface area contributed by atoms with Crippen molar-refractivity contribution in [2.24, 2.45) is 0 Å². The maximum atomic E-state index is 12.2. The van der Waals surface area contributed by atoms with Gasteiger partial charge in [-0.15, -0.1) is 0 Å². The Morgan fingerprint density at radius 2 is 1.96 bits per heavy atom. The van der Waals surface area contributed by atoms with Gasteiger partial charge in [0, 0.05) is 13.2 Å². The third kappa shape index (κ3) is 6.49. The van der Waals surface area contributed by atoms with Crippen LogP contribution in [0.3, 0.4) is 0 Å². The lowest BCUT2D eigenvalue weighted by atomic mass is 10.4. The molecule has 0 aliphatic heterocycles. The van der Waals surface area contributed by atoms with Crippen LogP contribution >= 0.6 is 7.52 Å².